The number of benzene rings is 4. The topological polar surface area (TPSA) is 41.9 Å². The number of rotatable bonds is 8. The van der Waals surface area contributed by atoms with Gasteiger partial charge in [0.25, 0.3) is 0 Å². The highest BCUT2D eigenvalue weighted by Crippen LogP contribution is 2.46. The molecule has 0 bridgehead atoms. The maximum absolute atomic E-state index is 5.61. The molecule has 0 spiro atoms. The van der Waals surface area contributed by atoms with Gasteiger partial charge in [0.2, 0.25) is 5.75 Å². The van der Waals surface area contributed by atoms with E-state index in [0.717, 1.165) is 33.7 Å². The van der Waals surface area contributed by atoms with Gasteiger partial charge in [-0.3, -0.25) is 0 Å². The van der Waals surface area contributed by atoms with Crippen LogP contribution in [-0.2, 0) is 7.05 Å². The van der Waals surface area contributed by atoms with Gasteiger partial charge in [-0.25, -0.2) is 0 Å². The van der Waals surface area contributed by atoms with E-state index in [-0.39, 0.29) is 0 Å². The molecule has 1 heterocycles. The van der Waals surface area contributed by atoms with Crippen molar-refractivity contribution in [3.63, 3.8) is 0 Å². The molecule has 0 aliphatic heterocycles. The molecule has 1 aromatic heterocycles. The highest BCUT2D eigenvalue weighted by atomic mass is 32.2. The van der Waals surface area contributed by atoms with Gasteiger partial charge in [-0.1, -0.05) is 36.0 Å². The average molecular weight is 512 g/mol. The van der Waals surface area contributed by atoms with Crippen LogP contribution in [0.25, 0.3) is 33.3 Å². The number of fused-ring (bicyclic) bond motifs is 1. The number of methoxy groups -OCH3 is 4. The normalized spacial score (nSPS) is 10.9. The summed E-state index contributed by atoms with van der Waals surface area (Å²) in [6.07, 6.45) is 0. The first-order chi connectivity index (χ1) is 18.1. The predicted octanol–water partition coefficient (Wildman–Crippen LogP) is 7.70. The molecular weight excluding hydrogens is 482 g/mol. The molecule has 4 aromatic carbocycles. The third kappa shape index (κ3) is 4.60. The van der Waals surface area contributed by atoms with Crippen LogP contribution >= 0.6 is 11.8 Å². The van der Waals surface area contributed by atoms with E-state index in [1.54, 1.807) is 40.2 Å². The van der Waals surface area contributed by atoms with E-state index < -0.39 is 0 Å². The minimum atomic E-state index is 0.580. The summed E-state index contributed by atoms with van der Waals surface area (Å²) in [5.74, 6) is 2.67. The quantitative estimate of drug-likeness (QED) is 0.214. The Kier molecular flexibility index (Phi) is 7.01. The smallest absolute Gasteiger partial charge is 0.203 e. The first-order valence-electron chi connectivity index (χ1n) is 11.9. The molecule has 0 aliphatic carbocycles. The lowest BCUT2D eigenvalue weighted by Crippen LogP contribution is -1.95. The molecule has 5 aromatic rings. The van der Waals surface area contributed by atoms with Gasteiger partial charge in [-0.05, 0) is 77.4 Å². The molecule has 0 N–H and O–H groups in total. The molecule has 0 unspecified atom stereocenters. The van der Waals surface area contributed by atoms with Gasteiger partial charge in [-0.15, -0.1) is 0 Å². The van der Waals surface area contributed by atoms with Crippen LogP contribution in [-0.4, -0.2) is 33.0 Å². The Hall–Kier alpha value is -4.03. The highest BCUT2D eigenvalue weighted by molar-refractivity contribution is 7.99. The second-order valence-electron chi connectivity index (χ2n) is 8.53. The third-order valence-corrected chi connectivity index (χ3v) is 7.60. The van der Waals surface area contributed by atoms with Crippen LogP contribution < -0.4 is 18.9 Å². The zero-order valence-electron chi connectivity index (χ0n) is 21.6. The van der Waals surface area contributed by atoms with Gasteiger partial charge in [0, 0.05) is 27.7 Å². The Morgan fingerprint density at radius 1 is 0.622 bits per heavy atom. The molecule has 37 heavy (non-hydrogen) atoms. The molecule has 0 atom stereocenters. The van der Waals surface area contributed by atoms with Crippen molar-refractivity contribution in [1.82, 2.24) is 4.57 Å². The minimum Gasteiger partial charge on any atom is -0.497 e. The van der Waals surface area contributed by atoms with Crippen molar-refractivity contribution in [2.75, 3.05) is 28.4 Å². The largest absolute Gasteiger partial charge is 0.497 e. The lowest BCUT2D eigenvalue weighted by atomic mass is 10.0. The van der Waals surface area contributed by atoms with Gasteiger partial charge in [0.1, 0.15) is 5.75 Å². The second-order valence-corrected chi connectivity index (χ2v) is 9.61. The number of hydrogen-bond acceptors (Lipinski definition) is 5. The van der Waals surface area contributed by atoms with Crippen LogP contribution in [0.4, 0.5) is 0 Å². The van der Waals surface area contributed by atoms with Crippen LogP contribution in [0.15, 0.2) is 94.7 Å². The zero-order chi connectivity index (χ0) is 25.9. The summed E-state index contributed by atoms with van der Waals surface area (Å²) in [6, 6.07) is 29.2. The number of ether oxygens (including phenoxy) is 4. The van der Waals surface area contributed by atoms with E-state index in [1.807, 2.05) is 30.3 Å². The van der Waals surface area contributed by atoms with Crippen molar-refractivity contribution >= 4 is 22.7 Å². The molecule has 0 radical (unpaired) electrons. The van der Waals surface area contributed by atoms with Gasteiger partial charge in [-0.2, -0.15) is 0 Å². The fraction of sp³-hybridized carbons (Fsp3) is 0.161. The summed E-state index contributed by atoms with van der Waals surface area (Å²) in [5.41, 5.74) is 5.50. The molecule has 5 rings (SSSR count). The van der Waals surface area contributed by atoms with Crippen molar-refractivity contribution in [3.8, 4) is 45.4 Å². The van der Waals surface area contributed by atoms with E-state index >= 15 is 0 Å². The van der Waals surface area contributed by atoms with Gasteiger partial charge < -0.3 is 23.5 Å². The Bertz CT molecular complexity index is 1520. The monoisotopic (exact) mass is 511 g/mol. The predicted molar refractivity (Wildman–Crippen MR) is 151 cm³/mol. The molecule has 6 heteroatoms. The number of hydrogen-bond donors (Lipinski definition) is 0. The standard InChI is InChI=1S/C31H29NO4S/c1-32-26-16-13-21(22-18-27(34-3)30(36-5)28(19-22)35-4)17-25(26)31(37-24-9-7-6-8-10-24)29(32)20-11-14-23(33-2)15-12-20/h6-19H,1-5H3. The fourth-order valence-electron chi connectivity index (χ4n) is 4.62. The summed E-state index contributed by atoms with van der Waals surface area (Å²) < 4.78 is 24.4. The van der Waals surface area contributed by atoms with Crippen LogP contribution in [0.3, 0.4) is 0 Å². The van der Waals surface area contributed by atoms with E-state index in [1.165, 1.54) is 15.2 Å². The number of aromatic nitrogens is 1. The molecular formula is C31H29NO4S. The third-order valence-electron chi connectivity index (χ3n) is 6.48. The van der Waals surface area contributed by atoms with Gasteiger partial charge in [0.05, 0.1) is 34.1 Å². The van der Waals surface area contributed by atoms with Crippen molar-refractivity contribution in [3.05, 3.63) is 84.9 Å². The Morgan fingerprint density at radius 2 is 1.27 bits per heavy atom. The molecule has 5 nitrogen and oxygen atoms in total. The summed E-state index contributed by atoms with van der Waals surface area (Å²) in [5, 5.41) is 1.17. The number of aryl methyl sites for hydroxylation is 1. The van der Waals surface area contributed by atoms with E-state index in [2.05, 4.69) is 66.2 Å². The first-order valence-corrected chi connectivity index (χ1v) is 12.7. The zero-order valence-corrected chi connectivity index (χ0v) is 22.4. The maximum Gasteiger partial charge on any atom is 0.203 e. The van der Waals surface area contributed by atoms with E-state index in [4.69, 9.17) is 18.9 Å². The van der Waals surface area contributed by atoms with Gasteiger partial charge >= 0.3 is 0 Å². The van der Waals surface area contributed by atoms with Crippen molar-refractivity contribution in [2.24, 2.45) is 7.05 Å². The van der Waals surface area contributed by atoms with Crippen molar-refractivity contribution in [2.45, 2.75) is 9.79 Å². The molecule has 188 valence electrons. The highest BCUT2D eigenvalue weighted by Gasteiger charge is 2.20. The molecule has 0 aliphatic rings. The van der Waals surface area contributed by atoms with Crippen LogP contribution in [0.1, 0.15) is 0 Å². The molecule has 0 saturated carbocycles. The summed E-state index contributed by atoms with van der Waals surface area (Å²) in [4.78, 5) is 2.38. The Labute approximate surface area is 221 Å². The Morgan fingerprint density at radius 3 is 1.86 bits per heavy atom. The Balaban J connectivity index is 1.73. The van der Waals surface area contributed by atoms with Crippen LogP contribution in [0.5, 0.6) is 23.0 Å². The van der Waals surface area contributed by atoms with Crippen molar-refractivity contribution < 1.29 is 18.9 Å². The second kappa shape index (κ2) is 10.5. The summed E-state index contributed by atoms with van der Waals surface area (Å²) in [7, 11) is 8.70. The lowest BCUT2D eigenvalue weighted by molar-refractivity contribution is 0.324. The van der Waals surface area contributed by atoms with E-state index in [9.17, 15) is 0 Å². The molecule has 0 saturated heterocycles. The van der Waals surface area contributed by atoms with E-state index in [0.29, 0.717) is 17.2 Å². The summed E-state index contributed by atoms with van der Waals surface area (Å²) >= 11 is 1.77. The van der Waals surface area contributed by atoms with Gasteiger partial charge in [0.15, 0.2) is 11.5 Å². The minimum absolute atomic E-state index is 0.580. The molecule has 0 fully saturated rings. The summed E-state index contributed by atoms with van der Waals surface area (Å²) in [6.45, 7) is 0. The maximum atomic E-state index is 5.61. The van der Waals surface area contributed by atoms with Crippen LogP contribution in [0.2, 0.25) is 0 Å². The van der Waals surface area contributed by atoms with Crippen LogP contribution in [0, 0.1) is 0 Å². The average Bonchev–Trinajstić information content (AvgIpc) is 3.22. The number of nitrogens with zero attached hydrogens (tertiary/aromatic N) is 1. The molecule has 0 amide bonds. The fourth-order valence-corrected chi connectivity index (χ4v) is 5.78. The SMILES string of the molecule is COc1ccc(-c2c(Sc3ccccc3)c3cc(-c4cc(OC)c(OC)c(OC)c4)ccc3n2C)cc1. The lowest BCUT2D eigenvalue weighted by Gasteiger charge is -2.14. The van der Waals surface area contributed by atoms with Crippen molar-refractivity contribution in [1.29, 1.82) is 0 Å². The first kappa shape index (κ1) is 24.7.